The van der Waals surface area contributed by atoms with Crippen molar-refractivity contribution in [2.75, 3.05) is 25.1 Å². The van der Waals surface area contributed by atoms with Crippen LogP contribution in [0.5, 0.6) is 5.75 Å². The summed E-state index contributed by atoms with van der Waals surface area (Å²) in [5.74, 6) is 0.914. The highest BCUT2D eigenvalue weighted by Crippen LogP contribution is 2.25. The minimum atomic E-state index is 0.914. The third kappa shape index (κ3) is 4.89. The molecular formula is C24H27NO. The monoisotopic (exact) mass is 345 g/mol. The second-order valence-corrected chi connectivity index (χ2v) is 6.61. The summed E-state index contributed by atoms with van der Waals surface area (Å²) in [7, 11) is 1.72. The van der Waals surface area contributed by atoms with Gasteiger partial charge in [-0.25, -0.2) is 0 Å². The van der Waals surface area contributed by atoms with Crippen LogP contribution in [-0.4, -0.2) is 20.2 Å². The molecule has 0 aromatic heterocycles. The molecule has 0 aliphatic carbocycles. The predicted octanol–water partition coefficient (Wildman–Crippen LogP) is 5.30. The van der Waals surface area contributed by atoms with Crippen LogP contribution in [0.25, 0.3) is 0 Å². The number of nitrogens with zero attached hydrogens (tertiary/aromatic N) is 1. The van der Waals surface area contributed by atoms with Crippen LogP contribution in [0.4, 0.5) is 5.69 Å². The highest BCUT2D eigenvalue weighted by Gasteiger charge is 2.11. The summed E-state index contributed by atoms with van der Waals surface area (Å²) >= 11 is 0. The lowest BCUT2D eigenvalue weighted by Gasteiger charge is -2.27. The van der Waals surface area contributed by atoms with Crippen molar-refractivity contribution in [2.45, 2.75) is 19.8 Å². The van der Waals surface area contributed by atoms with Gasteiger partial charge in [0.25, 0.3) is 0 Å². The Morgan fingerprint density at radius 1 is 0.731 bits per heavy atom. The van der Waals surface area contributed by atoms with Gasteiger partial charge in [0.15, 0.2) is 0 Å². The number of methoxy groups -OCH3 is 1. The van der Waals surface area contributed by atoms with Gasteiger partial charge in [0.05, 0.1) is 7.11 Å². The molecule has 0 bridgehead atoms. The van der Waals surface area contributed by atoms with Crippen LogP contribution >= 0.6 is 0 Å². The zero-order chi connectivity index (χ0) is 18.2. The molecule has 0 aliphatic heterocycles. The van der Waals surface area contributed by atoms with Gasteiger partial charge >= 0.3 is 0 Å². The number of aryl methyl sites for hydroxylation is 1. The minimum absolute atomic E-state index is 0.914. The first kappa shape index (κ1) is 18.1. The van der Waals surface area contributed by atoms with Crippen LogP contribution < -0.4 is 9.64 Å². The van der Waals surface area contributed by atoms with Gasteiger partial charge in [-0.05, 0) is 54.7 Å². The quantitative estimate of drug-likeness (QED) is 0.549. The first-order valence-corrected chi connectivity index (χ1v) is 9.23. The summed E-state index contributed by atoms with van der Waals surface area (Å²) in [6, 6.07) is 27.8. The Balaban J connectivity index is 1.76. The SMILES string of the molecule is COc1ccc(N(CCc2ccccc2)CCc2ccccc2)c(C)c1. The maximum atomic E-state index is 5.37. The fourth-order valence-corrected chi connectivity index (χ4v) is 3.28. The molecule has 3 rings (SSSR count). The van der Waals surface area contributed by atoms with E-state index in [1.165, 1.54) is 22.4 Å². The maximum Gasteiger partial charge on any atom is 0.119 e. The van der Waals surface area contributed by atoms with Crippen molar-refractivity contribution < 1.29 is 4.74 Å². The van der Waals surface area contributed by atoms with Crippen LogP contribution in [0, 0.1) is 6.92 Å². The van der Waals surface area contributed by atoms with E-state index in [0.717, 1.165) is 31.7 Å². The van der Waals surface area contributed by atoms with Crippen molar-refractivity contribution in [3.05, 3.63) is 95.6 Å². The molecule has 0 heterocycles. The summed E-state index contributed by atoms with van der Waals surface area (Å²) in [5.41, 5.74) is 5.30. The third-order valence-electron chi connectivity index (χ3n) is 4.77. The standard InChI is InChI=1S/C24H27NO/c1-20-19-23(26-2)13-14-24(20)25(17-15-21-9-5-3-6-10-21)18-16-22-11-7-4-8-12-22/h3-14,19H,15-18H2,1-2H3. The van der Waals surface area contributed by atoms with Gasteiger partial charge in [-0.2, -0.15) is 0 Å². The molecule has 0 unspecified atom stereocenters. The van der Waals surface area contributed by atoms with Gasteiger partial charge in [-0.15, -0.1) is 0 Å². The van der Waals surface area contributed by atoms with Crippen molar-refractivity contribution in [2.24, 2.45) is 0 Å². The Kier molecular flexibility index (Phi) is 6.32. The number of anilines is 1. The Hall–Kier alpha value is -2.74. The molecule has 3 aromatic rings. The van der Waals surface area contributed by atoms with Gasteiger partial charge < -0.3 is 9.64 Å². The van der Waals surface area contributed by atoms with Gasteiger partial charge in [0.1, 0.15) is 5.75 Å². The van der Waals surface area contributed by atoms with Crippen molar-refractivity contribution in [1.82, 2.24) is 0 Å². The van der Waals surface area contributed by atoms with E-state index in [-0.39, 0.29) is 0 Å². The average molecular weight is 345 g/mol. The van der Waals surface area contributed by atoms with Crippen LogP contribution in [0.1, 0.15) is 16.7 Å². The smallest absolute Gasteiger partial charge is 0.119 e. The third-order valence-corrected chi connectivity index (χ3v) is 4.77. The summed E-state index contributed by atoms with van der Waals surface area (Å²) in [5, 5.41) is 0. The number of hydrogen-bond donors (Lipinski definition) is 0. The zero-order valence-electron chi connectivity index (χ0n) is 15.7. The van der Waals surface area contributed by atoms with Crippen LogP contribution in [0.3, 0.4) is 0 Å². The molecule has 2 nitrogen and oxygen atoms in total. The van der Waals surface area contributed by atoms with Crippen LogP contribution in [0.2, 0.25) is 0 Å². The highest BCUT2D eigenvalue weighted by atomic mass is 16.5. The molecule has 0 saturated carbocycles. The molecule has 0 fully saturated rings. The topological polar surface area (TPSA) is 12.5 Å². The second-order valence-electron chi connectivity index (χ2n) is 6.61. The number of rotatable bonds is 8. The Bertz CT molecular complexity index is 755. The zero-order valence-corrected chi connectivity index (χ0v) is 15.7. The van der Waals surface area contributed by atoms with Crippen molar-refractivity contribution in [3.8, 4) is 5.75 Å². The number of hydrogen-bond acceptors (Lipinski definition) is 2. The molecule has 134 valence electrons. The summed E-state index contributed by atoms with van der Waals surface area (Å²) in [4.78, 5) is 2.49. The lowest BCUT2D eigenvalue weighted by molar-refractivity contribution is 0.414. The summed E-state index contributed by atoms with van der Waals surface area (Å²) in [6.45, 7) is 4.17. The van der Waals surface area contributed by atoms with Crippen molar-refractivity contribution in [3.63, 3.8) is 0 Å². The lowest BCUT2D eigenvalue weighted by Crippen LogP contribution is -2.29. The summed E-state index contributed by atoms with van der Waals surface area (Å²) < 4.78 is 5.37. The molecule has 0 aliphatic rings. The molecule has 0 amide bonds. The fourth-order valence-electron chi connectivity index (χ4n) is 3.28. The van der Waals surface area contributed by atoms with E-state index in [1.54, 1.807) is 7.11 Å². The molecule has 26 heavy (non-hydrogen) atoms. The van der Waals surface area contributed by atoms with E-state index in [1.807, 2.05) is 0 Å². The largest absolute Gasteiger partial charge is 0.497 e. The Morgan fingerprint density at radius 2 is 1.27 bits per heavy atom. The van der Waals surface area contributed by atoms with Crippen LogP contribution in [-0.2, 0) is 12.8 Å². The first-order valence-electron chi connectivity index (χ1n) is 9.23. The lowest BCUT2D eigenvalue weighted by atomic mass is 10.1. The van der Waals surface area contributed by atoms with Crippen molar-refractivity contribution >= 4 is 5.69 Å². The average Bonchev–Trinajstić information content (AvgIpc) is 2.70. The molecule has 0 saturated heterocycles. The van der Waals surface area contributed by atoms with E-state index >= 15 is 0 Å². The normalized spacial score (nSPS) is 10.5. The molecule has 0 spiro atoms. The van der Waals surface area contributed by atoms with Gasteiger partial charge in [-0.1, -0.05) is 60.7 Å². The maximum absolute atomic E-state index is 5.37. The molecule has 0 N–H and O–H groups in total. The summed E-state index contributed by atoms with van der Waals surface area (Å²) in [6.07, 6.45) is 2.09. The minimum Gasteiger partial charge on any atom is -0.497 e. The molecule has 0 atom stereocenters. The first-order chi connectivity index (χ1) is 12.8. The molecular weight excluding hydrogens is 318 g/mol. The van der Waals surface area contributed by atoms with Crippen molar-refractivity contribution in [1.29, 1.82) is 0 Å². The number of ether oxygens (including phenoxy) is 1. The second kappa shape index (κ2) is 9.10. The highest BCUT2D eigenvalue weighted by molar-refractivity contribution is 5.56. The van der Waals surface area contributed by atoms with Crippen LogP contribution in [0.15, 0.2) is 78.9 Å². The Morgan fingerprint density at radius 3 is 1.73 bits per heavy atom. The van der Waals surface area contributed by atoms with E-state index in [4.69, 9.17) is 4.74 Å². The van der Waals surface area contributed by atoms with E-state index in [9.17, 15) is 0 Å². The predicted molar refractivity (Wildman–Crippen MR) is 110 cm³/mol. The molecule has 0 radical (unpaired) electrons. The Labute approximate surface area is 157 Å². The van der Waals surface area contributed by atoms with E-state index in [0.29, 0.717) is 0 Å². The molecule has 3 aromatic carbocycles. The van der Waals surface area contributed by atoms with E-state index < -0.39 is 0 Å². The number of benzene rings is 3. The molecule has 2 heteroatoms. The van der Waals surface area contributed by atoms with Gasteiger partial charge in [-0.3, -0.25) is 0 Å². The van der Waals surface area contributed by atoms with Gasteiger partial charge in [0.2, 0.25) is 0 Å². The fraction of sp³-hybridized carbons (Fsp3) is 0.250. The van der Waals surface area contributed by atoms with E-state index in [2.05, 4.69) is 90.7 Å². The van der Waals surface area contributed by atoms with Gasteiger partial charge in [0, 0.05) is 18.8 Å².